The Morgan fingerprint density at radius 3 is 2.63 bits per heavy atom. The molecule has 100 valence electrons. The first kappa shape index (κ1) is 13.2. The lowest BCUT2D eigenvalue weighted by Crippen LogP contribution is -2.27. The van der Waals surface area contributed by atoms with E-state index in [1.54, 1.807) is 30.3 Å². The van der Waals surface area contributed by atoms with Gasteiger partial charge in [-0.15, -0.1) is 0 Å². The van der Waals surface area contributed by atoms with Crippen LogP contribution >= 0.6 is 0 Å². The summed E-state index contributed by atoms with van der Waals surface area (Å²) in [6.45, 7) is 4.31. The molecule has 4 heteroatoms. The fourth-order valence-electron chi connectivity index (χ4n) is 2.04. The van der Waals surface area contributed by atoms with Crippen molar-refractivity contribution in [1.82, 2.24) is 4.90 Å². The number of amides is 1. The average Bonchev–Trinajstić information content (AvgIpc) is 2.74. The summed E-state index contributed by atoms with van der Waals surface area (Å²) in [7, 11) is 1.78. The number of benzene rings is 1. The molecule has 1 aromatic carbocycles. The molecule has 0 fully saturated rings. The molecule has 1 aromatic heterocycles. The summed E-state index contributed by atoms with van der Waals surface area (Å²) < 4.78 is 5.24. The summed E-state index contributed by atoms with van der Waals surface area (Å²) in [4.78, 5) is 14.0. The van der Waals surface area contributed by atoms with Gasteiger partial charge in [-0.05, 0) is 43.7 Å². The molecule has 0 saturated heterocycles. The van der Waals surface area contributed by atoms with E-state index in [-0.39, 0.29) is 5.91 Å². The minimum Gasteiger partial charge on any atom is -0.469 e. The van der Waals surface area contributed by atoms with Crippen LogP contribution < -0.4 is 5.73 Å². The standard InChI is InChI=1S/C15H18N2O2/c1-10-8-13(16)4-5-14(10)15(18)17(3)9-12-6-7-19-11(12)2/h4-8H,9,16H2,1-3H3. The van der Waals surface area contributed by atoms with Gasteiger partial charge in [-0.1, -0.05) is 0 Å². The second kappa shape index (κ2) is 5.18. The number of nitrogen functional groups attached to an aromatic ring is 1. The Morgan fingerprint density at radius 1 is 1.32 bits per heavy atom. The van der Waals surface area contributed by atoms with E-state index in [0.717, 1.165) is 16.9 Å². The molecule has 0 bridgehead atoms. The van der Waals surface area contributed by atoms with Crippen LogP contribution in [0.4, 0.5) is 5.69 Å². The minimum absolute atomic E-state index is 0.0156. The first-order chi connectivity index (χ1) is 8.99. The quantitative estimate of drug-likeness (QED) is 0.861. The van der Waals surface area contributed by atoms with Crippen molar-refractivity contribution in [3.63, 3.8) is 0 Å². The van der Waals surface area contributed by atoms with E-state index in [9.17, 15) is 4.79 Å². The van der Waals surface area contributed by atoms with Crippen LogP contribution in [0.25, 0.3) is 0 Å². The number of hydrogen-bond acceptors (Lipinski definition) is 3. The molecular formula is C15H18N2O2. The predicted octanol–water partition coefficient (Wildman–Crippen LogP) is 2.75. The highest BCUT2D eigenvalue weighted by Crippen LogP contribution is 2.17. The van der Waals surface area contributed by atoms with Crippen LogP contribution in [0.15, 0.2) is 34.9 Å². The Balaban J connectivity index is 2.17. The molecule has 2 N–H and O–H groups in total. The highest BCUT2D eigenvalue weighted by Gasteiger charge is 2.15. The lowest BCUT2D eigenvalue weighted by Gasteiger charge is -2.18. The maximum atomic E-state index is 12.4. The molecule has 2 aromatic rings. The number of nitrogens with two attached hydrogens (primary N) is 1. The van der Waals surface area contributed by atoms with E-state index < -0.39 is 0 Å². The van der Waals surface area contributed by atoms with Crippen LogP contribution in [0.1, 0.15) is 27.2 Å². The molecule has 0 aliphatic carbocycles. The van der Waals surface area contributed by atoms with Crippen LogP contribution in [0, 0.1) is 13.8 Å². The topological polar surface area (TPSA) is 59.5 Å². The summed E-state index contributed by atoms with van der Waals surface area (Å²) in [5.74, 6) is 0.826. The maximum Gasteiger partial charge on any atom is 0.254 e. The smallest absolute Gasteiger partial charge is 0.254 e. The molecule has 0 radical (unpaired) electrons. The molecule has 0 atom stereocenters. The number of hydrogen-bond donors (Lipinski definition) is 1. The zero-order chi connectivity index (χ0) is 14.0. The molecule has 0 unspecified atom stereocenters. The molecule has 0 aliphatic rings. The Kier molecular flexibility index (Phi) is 3.60. The lowest BCUT2D eigenvalue weighted by molar-refractivity contribution is 0.0784. The van der Waals surface area contributed by atoms with E-state index in [1.807, 2.05) is 26.0 Å². The predicted molar refractivity (Wildman–Crippen MR) is 74.8 cm³/mol. The van der Waals surface area contributed by atoms with Gasteiger partial charge in [0.2, 0.25) is 0 Å². The molecule has 1 heterocycles. The van der Waals surface area contributed by atoms with Gasteiger partial charge < -0.3 is 15.1 Å². The first-order valence-electron chi connectivity index (χ1n) is 6.13. The number of rotatable bonds is 3. The number of aryl methyl sites for hydroxylation is 2. The van der Waals surface area contributed by atoms with E-state index in [1.165, 1.54) is 0 Å². The Bertz CT molecular complexity index is 602. The number of furan rings is 1. The molecule has 2 rings (SSSR count). The minimum atomic E-state index is -0.0156. The third kappa shape index (κ3) is 2.78. The fraction of sp³-hybridized carbons (Fsp3) is 0.267. The van der Waals surface area contributed by atoms with Crippen molar-refractivity contribution in [3.05, 3.63) is 53.0 Å². The SMILES string of the molecule is Cc1cc(N)ccc1C(=O)N(C)Cc1ccoc1C. The highest BCUT2D eigenvalue weighted by molar-refractivity contribution is 5.95. The van der Waals surface area contributed by atoms with Gasteiger partial charge in [-0.3, -0.25) is 4.79 Å². The van der Waals surface area contributed by atoms with Crippen LogP contribution in [-0.4, -0.2) is 17.9 Å². The molecule has 1 amide bonds. The van der Waals surface area contributed by atoms with E-state index >= 15 is 0 Å². The Hall–Kier alpha value is -2.23. The normalized spacial score (nSPS) is 10.5. The monoisotopic (exact) mass is 258 g/mol. The van der Waals surface area contributed by atoms with Crippen LogP contribution in [0.5, 0.6) is 0 Å². The van der Waals surface area contributed by atoms with Gasteiger partial charge in [0.05, 0.1) is 6.26 Å². The second-order valence-electron chi connectivity index (χ2n) is 4.74. The first-order valence-corrected chi connectivity index (χ1v) is 6.13. The molecule has 0 saturated carbocycles. The van der Waals surface area contributed by atoms with Crippen molar-refractivity contribution in [2.24, 2.45) is 0 Å². The van der Waals surface area contributed by atoms with Crippen molar-refractivity contribution in [3.8, 4) is 0 Å². The van der Waals surface area contributed by atoms with E-state index in [0.29, 0.717) is 17.8 Å². The number of carbonyl (C=O) groups excluding carboxylic acids is 1. The summed E-state index contributed by atoms with van der Waals surface area (Å²) in [5.41, 5.74) is 8.95. The summed E-state index contributed by atoms with van der Waals surface area (Å²) in [6, 6.07) is 7.21. The molecule has 19 heavy (non-hydrogen) atoms. The Morgan fingerprint density at radius 2 is 2.05 bits per heavy atom. The van der Waals surface area contributed by atoms with Gasteiger partial charge in [0, 0.05) is 30.4 Å². The van der Waals surface area contributed by atoms with Crippen LogP contribution in [-0.2, 0) is 6.54 Å². The van der Waals surface area contributed by atoms with Gasteiger partial charge in [-0.25, -0.2) is 0 Å². The van der Waals surface area contributed by atoms with Crippen LogP contribution in [0.2, 0.25) is 0 Å². The van der Waals surface area contributed by atoms with E-state index in [4.69, 9.17) is 10.2 Å². The van der Waals surface area contributed by atoms with Crippen molar-refractivity contribution >= 4 is 11.6 Å². The fourth-order valence-corrected chi connectivity index (χ4v) is 2.04. The van der Waals surface area contributed by atoms with Gasteiger partial charge in [-0.2, -0.15) is 0 Å². The maximum absolute atomic E-state index is 12.4. The molecule has 4 nitrogen and oxygen atoms in total. The average molecular weight is 258 g/mol. The zero-order valence-corrected chi connectivity index (χ0v) is 11.4. The summed E-state index contributed by atoms with van der Waals surface area (Å²) >= 11 is 0. The molecule has 0 aliphatic heterocycles. The van der Waals surface area contributed by atoms with Crippen molar-refractivity contribution in [1.29, 1.82) is 0 Å². The highest BCUT2D eigenvalue weighted by atomic mass is 16.3. The van der Waals surface area contributed by atoms with Crippen LogP contribution in [0.3, 0.4) is 0 Å². The van der Waals surface area contributed by atoms with Crippen molar-refractivity contribution < 1.29 is 9.21 Å². The van der Waals surface area contributed by atoms with Crippen molar-refractivity contribution in [2.75, 3.05) is 12.8 Å². The summed E-state index contributed by atoms with van der Waals surface area (Å²) in [6.07, 6.45) is 1.64. The number of carbonyl (C=O) groups is 1. The Labute approximate surface area is 112 Å². The summed E-state index contributed by atoms with van der Waals surface area (Å²) in [5, 5.41) is 0. The third-order valence-corrected chi connectivity index (χ3v) is 3.20. The van der Waals surface area contributed by atoms with Gasteiger partial charge >= 0.3 is 0 Å². The van der Waals surface area contributed by atoms with Gasteiger partial charge in [0.25, 0.3) is 5.91 Å². The van der Waals surface area contributed by atoms with Crippen molar-refractivity contribution in [2.45, 2.75) is 20.4 Å². The number of anilines is 1. The van der Waals surface area contributed by atoms with Gasteiger partial charge in [0.15, 0.2) is 0 Å². The molecule has 0 spiro atoms. The molecular weight excluding hydrogens is 240 g/mol. The second-order valence-corrected chi connectivity index (χ2v) is 4.74. The zero-order valence-electron chi connectivity index (χ0n) is 11.4. The number of nitrogens with zero attached hydrogens (tertiary/aromatic N) is 1. The lowest BCUT2D eigenvalue weighted by atomic mass is 10.1. The largest absolute Gasteiger partial charge is 0.469 e. The van der Waals surface area contributed by atoms with E-state index in [2.05, 4.69) is 0 Å². The van der Waals surface area contributed by atoms with Gasteiger partial charge in [0.1, 0.15) is 5.76 Å². The third-order valence-electron chi connectivity index (χ3n) is 3.20.